The van der Waals surface area contributed by atoms with Gasteiger partial charge in [0.15, 0.2) is 0 Å². The van der Waals surface area contributed by atoms with Crippen LogP contribution in [0.25, 0.3) is 0 Å². The van der Waals surface area contributed by atoms with Crippen LogP contribution in [0.1, 0.15) is 79.1 Å². The fourth-order valence-electron chi connectivity index (χ4n) is 4.47. The number of hydrogen-bond donors (Lipinski definition) is 0. The summed E-state index contributed by atoms with van der Waals surface area (Å²) in [5, 5.41) is 0. The minimum Gasteiger partial charge on any atom is -0.418 e. The molecule has 0 amide bonds. The molecule has 1 aliphatic carbocycles. The Balaban J connectivity index is 0.000000504. The summed E-state index contributed by atoms with van der Waals surface area (Å²) in [4.78, 5) is 0. The van der Waals surface area contributed by atoms with Crippen molar-refractivity contribution < 1.29 is 36.7 Å². The van der Waals surface area contributed by atoms with Crippen molar-refractivity contribution in [1.29, 1.82) is 0 Å². The van der Waals surface area contributed by atoms with E-state index in [1.165, 1.54) is 51.4 Å². The molecular weight excluding hydrogens is 516 g/mol. The average molecular weight is 556 g/mol. The second-order valence-electron chi connectivity index (χ2n) is 8.62. The van der Waals surface area contributed by atoms with E-state index < -0.39 is 7.25 Å². The summed E-state index contributed by atoms with van der Waals surface area (Å²) >= 11 is 0. The summed E-state index contributed by atoms with van der Waals surface area (Å²) in [7, 11) is -5.21. The zero-order chi connectivity index (χ0) is 21.9. The quantitative estimate of drug-likeness (QED) is 0.141. The Morgan fingerprint density at radius 2 is 0.800 bits per heavy atom. The van der Waals surface area contributed by atoms with Gasteiger partial charge in [-0.2, -0.15) is 0 Å². The molecule has 0 nitrogen and oxygen atoms in total. The van der Waals surface area contributed by atoms with Crippen LogP contribution >= 0.6 is 15.8 Å². The molecule has 8 heteroatoms. The van der Waals surface area contributed by atoms with Crippen molar-refractivity contribution >= 4 is 23.1 Å². The smallest absolute Gasteiger partial charge is 0.418 e. The Labute approximate surface area is 197 Å². The average Bonchev–Trinajstić information content (AvgIpc) is 3.06. The van der Waals surface area contributed by atoms with Crippen molar-refractivity contribution in [2.75, 3.05) is 12.3 Å². The maximum atomic E-state index is 9.75. The summed E-state index contributed by atoms with van der Waals surface area (Å²) in [5.74, 6) is 0. The maximum absolute atomic E-state index is 9.75. The summed E-state index contributed by atoms with van der Waals surface area (Å²) in [6.07, 6.45) is 23.3. The Hall–Kier alpha value is 0.748. The van der Waals surface area contributed by atoms with E-state index in [-0.39, 0.29) is 19.5 Å². The topological polar surface area (TPSA) is 0 Å². The molecule has 0 unspecified atom stereocenters. The molecule has 0 N–H and O–H groups in total. The van der Waals surface area contributed by atoms with Gasteiger partial charge in [0.2, 0.25) is 0 Å². The number of allylic oxidation sites excluding steroid dienone is 4. The van der Waals surface area contributed by atoms with Gasteiger partial charge in [-0.25, -0.2) is 0 Å². The minimum atomic E-state index is -6.00. The Kier molecular flexibility index (Phi) is 16.8. The molecule has 4 atom stereocenters. The summed E-state index contributed by atoms with van der Waals surface area (Å²) in [6, 6.07) is 0. The van der Waals surface area contributed by atoms with Gasteiger partial charge in [-0.3, -0.25) is 0 Å². The van der Waals surface area contributed by atoms with Gasteiger partial charge in [-0.1, -0.05) is 52.0 Å². The molecular formula is C22H40BF4P2Rh-. The normalized spacial score (nSPS) is 29.7. The molecule has 179 valence electrons. The van der Waals surface area contributed by atoms with Crippen molar-refractivity contribution in [2.24, 2.45) is 0 Å². The third-order valence-electron chi connectivity index (χ3n) is 6.22. The van der Waals surface area contributed by atoms with Crippen LogP contribution in [0.15, 0.2) is 24.3 Å². The van der Waals surface area contributed by atoms with Crippen LogP contribution in [0.5, 0.6) is 0 Å². The van der Waals surface area contributed by atoms with E-state index in [9.17, 15) is 17.3 Å². The van der Waals surface area contributed by atoms with Crippen molar-refractivity contribution in [3.05, 3.63) is 24.3 Å². The molecule has 3 rings (SSSR count). The predicted molar refractivity (Wildman–Crippen MR) is 127 cm³/mol. The SMILES string of the molecule is C1=CCCC=CCC1.C[C@H]1CC[C@H](C)P1CCP1[C@@H](C)CC[C@@H]1C.F[B-](F)(F)F.[Rh]. The van der Waals surface area contributed by atoms with Gasteiger partial charge in [0.25, 0.3) is 0 Å². The van der Waals surface area contributed by atoms with E-state index in [2.05, 4.69) is 52.0 Å². The van der Waals surface area contributed by atoms with Crippen LogP contribution in [0.2, 0.25) is 0 Å². The van der Waals surface area contributed by atoms with E-state index in [1.54, 1.807) is 12.3 Å². The first-order valence-electron chi connectivity index (χ1n) is 11.3. The first kappa shape index (κ1) is 30.7. The molecule has 2 fully saturated rings. The first-order valence-corrected chi connectivity index (χ1v) is 14.6. The van der Waals surface area contributed by atoms with Gasteiger partial charge in [-0.05, 0) is 86.3 Å². The second kappa shape index (κ2) is 16.4. The second-order valence-corrected chi connectivity index (χ2v) is 15.1. The number of hydrogen-bond acceptors (Lipinski definition) is 0. The van der Waals surface area contributed by atoms with E-state index in [4.69, 9.17) is 0 Å². The van der Waals surface area contributed by atoms with E-state index in [0.717, 1.165) is 22.6 Å². The van der Waals surface area contributed by atoms with Crippen LogP contribution in [-0.2, 0) is 19.5 Å². The van der Waals surface area contributed by atoms with Crippen LogP contribution in [-0.4, -0.2) is 42.2 Å². The zero-order valence-corrected chi connectivity index (χ0v) is 22.4. The first-order chi connectivity index (χ1) is 13.6. The number of halogens is 4. The van der Waals surface area contributed by atoms with Gasteiger partial charge in [-0.15, -0.1) is 15.8 Å². The molecule has 1 radical (unpaired) electrons. The third kappa shape index (κ3) is 14.0. The molecule has 3 aliphatic rings. The molecule has 0 aromatic carbocycles. The monoisotopic (exact) mass is 556 g/mol. The molecule has 0 aromatic rings. The van der Waals surface area contributed by atoms with Gasteiger partial charge in [0.1, 0.15) is 0 Å². The van der Waals surface area contributed by atoms with Gasteiger partial charge >= 0.3 is 7.25 Å². The van der Waals surface area contributed by atoms with E-state index in [1.807, 2.05) is 0 Å². The molecule has 0 saturated carbocycles. The third-order valence-corrected chi connectivity index (χ3v) is 13.6. The standard InChI is InChI=1S/C14H28P2.C8H12.BF4.Rh/c1-11-5-6-12(2)15(11)9-10-16-13(3)7-8-14(16)4;1-2-4-6-8-7-5-3-1;2-1(3,4)5;/h11-14H,5-10H2,1-4H3;1-2,7-8H,3-6H2;;/q;;-1;/t11-,12-,13-,14-;;;/m0.../s1. The molecule has 0 bridgehead atoms. The van der Waals surface area contributed by atoms with Crippen LogP contribution < -0.4 is 0 Å². The predicted octanol–water partition coefficient (Wildman–Crippen LogP) is 9.06. The van der Waals surface area contributed by atoms with Crippen molar-refractivity contribution in [1.82, 2.24) is 0 Å². The van der Waals surface area contributed by atoms with Crippen molar-refractivity contribution in [3.8, 4) is 0 Å². The molecule has 2 aliphatic heterocycles. The molecule has 30 heavy (non-hydrogen) atoms. The fraction of sp³-hybridized carbons (Fsp3) is 0.818. The van der Waals surface area contributed by atoms with Crippen molar-refractivity contribution in [3.63, 3.8) is 0 Å². The largest absolute Gasteiger partial charge is 0.673 e. The van der Waals surface area contributed by atoms with Crippen LogP contribution in [0.3, 0.4) is 0 Å². The van der Waals surface area contributed by atoms with Crippen molar-refractivity contribution in [2.45, 2.75) is 102 Å². The molecule has 2 saturated heterocycles. The minimum absolute atomic E-state index is 0. The number of rotatable bonds is 3. The summed E-state index contributed by atoms with van der Waals surface area (Å²) < 4.78 is 39.0. The summed E-state index contributed by atoms with van der Waals surface area (Å²) in [5.41, 5.74) is 4.31. The van der Waals surface area contributed by atoms with E-state index in [0.29, 0.717) is 15.8 Å². The van der Waals surface area contributed by atoms with Crippen LogP contribution in [0.4, 0.5) is 17.3 Å². The molecule has 0 spiro atoms. The molecule has 2 heterocycles. The Bertz CT molecular complexity index is 426. The maximum Gasteiger partial charge on any atom is 0.673 e. The Morgan fingerprint density at radius 3 is 1.00 bits per heavy atom. The van der Waals surface area contributed by atoms with Gasteiger partial charge < -0.3 is 17.3 Å². The summed E-state index contributed by atoms with van der Waals surface area (Å²) in [6.45, 7) is 10.1. The molecule has 0 aromatic heterocycles. The van der Waals surface area contributed by atoms with Gasteiger partial charge in [0.05, 0.1) is 0 Å². The Morgan fingerprint density at radius 1 is 0.600 bits per heavy atom. The van der Waals surface area contributed by atoms with Crippen LogP contribution in [0, 0.1) is 0 Å². The zero-order valence-electron chi connectivity index (χ0n) is 19.0. The van der Waals surface area contributed by atoms with E-state index >= 15 is 0 Å². The van der Waals surface area contributed by atoms with Gasteiger partial charge in [0, 0.05) is 19.5 Å². The fourth-order valence-corrected chi connectivity index (χ4v) is 11.7.